The van der Waals surface area contributed by atoms with E-state index in [-0.39, 0.29) is 19.8 Å². The van der Waals surface area contributed by atoms with Crippen LogP contribution in [-0.4, -0.2) is 45.8 Å². The molecule has 0 unspecified atom stereocenters. The lowest BCUT2D eigenvalue weighted by atomic mass is 10.1. The maximum atomic E-state index is 11.5. The predicted molar refractivity (Wildman–Crippen MR) is 108 cm³/mol. The van der Waals surface area contributed by atoms with Gasteiger partial charge >= 0.3 is 0 Å². The molecule has 0 bridgehead atoms. The van der Waals surface area contributed by atoms with Crippen molar-refractivity contribution in [3.8, 4) is 17.6 Å². The quantitative estimate of drug-likeness (QED) is 0.279. The van der Waals surface area contributed by atoms with Crippen molar-refractivity contribution < 1.29 is 22.9 Å². The Labute approximate surface area is 167 Å². The van der Waals surface area contributed by atoms with Gasteiger partial charge in [-0.3, -0.25) is 0 Å². The highest BCUT2D eigenvalue weighted by Gasteiger charge is 2.11. The Balaban J connectivity index is 2.12. The number of benzene rings is 2. The van der Waals surface area contributed by atoms with Crippen molar-refractivity contribution in [3.63, 3.8) is 0 Å². The van der Waals surface area contributed by atoms with Gasteiger partial charge in [-0.2, -0.15) is 0 Å². The van der Waals surface area contributed by atoms with Gasteiger partial charge in [-0.25, -0.2) is 22.5 Å². The monoisotopic (exact) mass is 403 g/mol. The summed E-state index contributed by atoms with van der Waals surface area (Å²) in [6.45, 7) is 2.94. The molecule has 0 spiro atoms. The lowest BCUT2D eigenvalue weighted by Crippen LogP contribution is -2.29. The molecule has 2 aromatic carbocycles. The standard InChI is InChI=1S/C21H25NO5S/c1-4-26-27-17-20-16-19(11-10-18-8-6-5-7-9-18)12-13-21(20)25-15-14-22(2)28(3,23)24/h5-9,12-13,16H,4,14-15,17H2,1-3H3. The number of sulfonamides is 1. The van der Waals surface area contributed by atoms with Crippen LogP contribution in [0.1, 0.15) is 23.6 Å². The first-order chi connectivity index (χ1) is 13.4. The van der Waals surface area contributed by atoms with Crippen LogP contribution in [0.15, 0.2) is 48.5 Å². The number of nitrogens with zero attached hydrogens (tertiary/aromatic N) is 1. The van der Waals surface area contributed by atoms with E-state index in [1.54, 1.807) is 6.07 Å². The summed E-state index contributed by atoms with van der Waals surface area (Å²) in [5, 5.41) is 0. The summed E-state index contributed by atoms with van der Waals surface area (Å²) in [5.74, 6) is 6.84. The largest absolute Gasteiger partial charge is 0.492 e. The highest BCUT2D eigenvalue weighted by Crippen LogP contribution is 2.21. The molecule has 7 heteroatoms. The van der Waals surface area contributed by atoms with Crippen LogP contribution in [0.2, 0.25) is 0 Å². The number of rotatable bonds is 9. The molecule has 0 fully saturated rings. The normalized spacial score (nSPS) is 11.1. The average Bonchev–Trinajstić information content (AvgIpc) is 2.68. The third-order valence-corrected chi connectivity index (χ3v) is 5.15. The van der Waals surface area contributed by atoms with Crippen molar-refractivity contribution >= 4 is 10.0 Å². The molecule has 0 aliphatic heterocycles. The summed E-state index contributed by atoms with van der Waals surface area (Å²) in [5.41, 5.74) is 2.52. The van der Waals surface area contributed by atoms with Crippen LogP contribution in [0.25, 0.3) is 0 Å². The molecular weight excluding hydrogens is 378 g/mol. The molecule has 0 saturated heterocycles. The fourth-order valence-electron chi connectivity index (χ4n) is 2.22. The van der Waals surface area contributed by atoms with Gasteiger partial charge in [0.1, 0.15) is 19.0 Å². The van der Waals surface area contributed by atoms with Crippen molar-refractivity contribution in [3.05, 3.63) is 65.2 Å². The van der Waals surface area contributed by atoms with Crippen LogP contribution in [0.3, 0.4) is 0 Å². The number of likely N-dealkylation sites (N-methyl/N-ethyl adjacent to an activating group) is 1. The fourth-order valence-corrected chi connectivity index (χ4v) is 2.62. The Morgan fingerprint density at radius 3 is 2.39 bits per heavy atom. The Morgan fingerprint density at radius 2 is 1.71 bits per heavy atom. The minimum atomic E-state index is -3.24. The van der Waals surface area contributed by atoms with Crippen molar-refractivity contribution in [2.75, 3.05) is 33.1 Å². The van der Waals surface area contributed by atoms with Crippen molar-refractivity contribution in [1.82, 2.24) is 4.31 Å². The Bertz CT molecular complexity index is 917. The molecule has 0 atom stereocenters. The van der Waals surface area contributed by atoms with E-state index < -0.39 is 10.0 Å². The average molecular weight is 404 g/mol. The summed E-state index contributed by atoms with van der Waals surface area (Å²) in [7, 11) is -1.72. The van der Waals surface area contributed by atoms with Crippen LogP contribution in [-0.2, 0) is 26.4 Å². The number of hydrogen-bond acceptors (Lipinski definition) is 5. The molecule has 2 rings (SSSR count). The van der Waals surface area contributed by atoms with Gasteiger partial charge in [-0.05, 0) is 37.3 Å². The highest BCUT2D eigenvalue weighted by molar-refractivity contribution is 7.88. The van der Waals surface area contributed by atoms with E-state index in [0.29, 0.717) is 12.4 Å². The van der Waals surface area contributed by atoms with Crippen molar-refractivity contribution in [1.29, 1.82) is 0 Å². The molecule has 0 radical (unpaired) electrons. The molecule has 2 aromatic rings. The molecule has 6 nitrogen and oxygen atoms in total. The third kappa shape index (κ3) is 7.33. The molecule has 0 amide bonds. The second kappa shape index (κ2) is 10.8. The minimum Gasteiger partial charge on any atom is -0.492 e. The maximum Gasteiger partial charge on any atom is 0.211 e. The van der Waals surface area contributed by atoms with Gasteiger partial charge in [0, 0.05) is 30.3 Å². The molecule has 150 valence electrons. The molecular formula is C21H25NO5S. The smallest absolute Gasteiger partial charge is 0.211 e. The zero-order valence-electron chi connectivity index (χ0n) is 16.3. The minimum absolute atomic E-state index is 0.200. The first-order valence-corrected chi connectivity index (χ1v) is 10.7. The summed E-state index contributed by atoms with van der Waals surface area (Å²) < 4.78 is 29.9. The Morgan fingerprint density at radius 1 is 1.00 bits per heavy atom. The molecule has 0 heterocycles. The van der Waals surface area contributed by atoms with Crippen molar-refractivity contribution in [2.24, 2.45) is 0 Å². The molecule has 0 aliphatic carbocycles. The van der Waals surface area contributed by atoms with E-state index in [1.807, 2.05) is 49.4 Å². The van der Waals surface area contributed by atoms with Crippen LogP contribution >= 0.6 is 0 Å². The van der Waals surface area contributed by atoms with Crippen LogP contribution in [0.5, 0.6) is 5.75 Å². The molecule has 28 heavy (non-hydrogen) atoms. The SMILES string of the molecule is CCOOCc1cc(C#Cc2ccccc2)ccc1OCCN(C)S(C)(=O)=O. The number of ether oxygens (including phenoxy) is 1. The first-order valence-electron chi connectivity index (χ1n) is 8.88. The van der Waals surface area contributed by atoms with Crippen LogP contribution in [0.4, 0.5) is 0 Å². The summed E-state index contributed by atoms with van der Waals surface area (Å²) in [4.78, 5) is 10.1. The van der Waals surface area contributed by atoms with Gasteiger partial charge in [0.15, 0.2) is 0 Å². The summed E-state index contributed by atoms with van der Waals surface area (Å²) >= 11 is 0. The Hall–Kier alpha value is -2.37. The summed E-state index contributed by atoms with van der Waals surface area (Å²) in [6.07, 6.45) is 1.16. The zero-order chi connectivity index (χ0) is 20.4. The Kier molecular flexibility index (Phi) is 8.48. The predicted octanol–water partition coefficient (Wildman–Crippen LogP) is 2.82. The van der Waals surface area contributed by atoms with Crippen molar-refractivity contribution in [2.45, 2.75) is 13.5 Å². The zero-order valence-corrected chi connectivity index (χ0v) is 17.2. The van der Waals surface area contributed by atoms with E-state index in [4.69, 9.17) is 14.5 Å². The van der Waals surface area contributed by atoms with Gasteiger partial charge in [-0.1, -0.05) is 30.0 Å². The van der Waals surface area contributed by atoms with Gasteiger partial charge in [0.2, 0.25) is 10.0 Å². The van der Waals surface area contributed by atoms with E-state index in [0.717, 1.165) is 22.9 Å². The second-order valence-electron chi connectivity index (χ2n) is 6.04. The van der Waals surface area contributed by atoms with Crippen LogP contribution in [0, 0.1) is 11.8 Å². The lowest BCUT2D eigenvalue weighted by molar-refractivity contribution is -0.300. The lowest BCUT2D eigenvalue weighted by Gasteiger charge is -2.16. The van der Waals surface area contributed by atoms with Gasteiger partial charge in [-0.15, -0.1) is 0 Å². The molecule has 0 aliphatic rings. The van der Waals surface area contributed by atoms with Gasteiger partial charge in [0.05, 0.1) is 12.9 Å². The van der Waals surface area contributed by atoms with E-state index >= 15 is 0 Å². The molecule has 0 N–H and O–H groups in total. The first kappa shape index (κ1) is 21.9. The van der Waals surface area contributed by atoms with Crippen LogP contribution < -0.4 is 4.74 Å². The fraction of sp³-hybridized carbons (Fsp3) is 0.333. The van der Waals surface area contributed by atoms with Gasteiger partial charge in [0.25, 0.3) is 0 Å². The van der Waals surface area contributed by atoms with E-state index in [2.05, 4.69) is 11.8 Å². The topological polar surface area (TPSA) is 65.1 Å². The third-order valence-electron chi connectivity index (χ3n) is 3.83. The van der Waals surface area contributed by atoms with E-state index in [9.17, 15) is 8.42 Å². The highest BCUT2D eigenvalue weighted by atomic mass is 32.2. The second-order valence-corrected chi connectivity index (χ2v) is 8.13. The molecule has 0 saturated carbocycles. The van der Waals surface area contributed by atoms with E-state index in [1.165, 1.54) is 11.4 Å². The van der Waals surface area contributed by atoms with Gasteiger partial charge < -0.3 is 4.74 Å². The number of hydrogen-bond donors (Lipinski definition) is 0. The maximum absolute atomic E-state index is 11.5. The molecule has 0 aromatic heterocycles. The summed E-state index contributed by atoms with van der Waals surface area (Å²) in [6, 6.07) is 15.3.